The van der Waals surface area contributed by atoms with Gasteiger partial charge < -0.3 is 20.9 Å². The van der Waals surface area contributed by atoms with E-state index < -0.39 is 40.4 Å². The highest BCUT2D eigenvalue weighted by Crippen LogP contribution is 2.58. The molecule has 9 rings (SSSR count). The first kappa shape index (κ1) is 39.0. The predicted octanol–water partition coefficient (Wildman–Crippen LogP) is 14.2. The van der Waals surface area contributed by atoms with Gasteiger partial charge in [-0.3, -0.25) is 0 Å². The Bertz CT molecular complexity index is 2730. The Morgan fingerprint density at radius 1 is 0.361 bits per heavy atom. The number of hydrogen-bond donors (Lipinski definition) is 2. The zero-order valence-corrected chi connectivity index (χ0v) is 32.1. The van der Waals surface area contributed by atoms with Crippen molar-refractivity contribution in [2.75, 3.05) is 11.5 Å². The first-order chi connectivity index (χ1) is 29.3. The van der Waals surface area contributed by atoms with Gasteiger partial charge >= 0.3 is 12.4 Å². The Kier molecular flexibility index (Phi) is 9.58. The average molecular weight is 821 g/mol. The molecule has 1 aliphatic rings. The number of rotatable bonds is 8. The van der Waals surface area contributed by atoms with E-state index in [1.54, 1.807) is 12.1 Å². The molecule has 0 radical (unpaired) electrons. The van der Waals surface area contributed by atoms with E-state index in [0.29, 0.717) is 22.3 Å². The fraction of sp³-hybridized carbons (Fsp3) is 0.0588. The largest absolute Gasteiger partial charge is 0.456 e. The molecular weight excluding hydrogens is 787 g/mol. The number of hydrogen-bond acceptors (Lipinski definition) is 4. The van der Waals surface area contributed by atoms with E-state index in [0.717, 1.165) is 45.5 Å². The second kappa shape index (κ2) is 15.0. The summed E-state index contributed by atoms with van der Waals surface area (Å²) >= 11 is 0. The van der Waals surface area contributed by atoms with Crippen LogP contribution in [0.1, 0.15) is 33.4 Å². The summed E-state index contributed by atoms with van der Waals surface area (Å²) in [6, 6.07) is 52.2. The molecule has 0 saturated heterocycles. The lowest BCUT2D eigenvalue weighted by atomic mass is 9.67. The van der Waals surface area contributed by atoms with E-state index in [-0.39, 0.29) is 22.9 Å². The predicted molar refractivity (Wildman–Crippen MR) is 226 cm³/mol. The zero-order chi connectivity index (χ0) is 42.5. The topological polar surface area (TPSA) is 70.5 Å². The standard InChI is InChI=1S/C51H34F6N2O2/c52-50(53,54)43-29-35(58)21-25-47(43)60-45-23-19-33(27-39(45)31-11-3-1-4-12-31)49(41-17-9-7-15-37(41)38-16-8-10-18-42(38)49)34-20-24-46(40(28-34)32-13-5-2-6-14-32)61-48-26-22-36(59)30-44(48)51(55,56)57/h1-30H,58-59H2. The van der Waals surface area contributed by atoms with Crippen LogP contribution >= 0.6 is 0 Å². The Hall–Kier alpha value is -7.46. The van der Waals surface area contributed by atoms with Gasteiger partial charge in [0, 0.05) is 22.5 Å². The minimum Gasteiger partial charge on any atom is -0.456 e. The van der Waals surface area contributed by atoms with E-state index in [2.05, 4.69) is 0 Å². The van der Waals surface area contributed by atoms with Crippen LogP contribution in [0.5, 0.6) is 23.0 Å². The normalized spacial score (nSPS) is 13.0. The van der Waals surface area contributed by atoms with Crippen LogP contribution < -0.4 is 20.9 Å². The molecule has 0 saturated carbocycles. The maximum absolute atomic E-state index is 14.3. The number of benzene rings is 8. The molecule has 0 bridgehead atoms. The van der Waals surface area contributed by atoms with Crippen molar-refractivity contribution in [2.45, 2.75) is 17.8 Å². The van der Waals surface area contributed by atoms with Crippen molar-refractivity contribution in [1.29, 1.82) is 0 Å². The van der Waals surface area contributed by atoms with Crippen molar-refractivity contribution >= 4 is 11.4 Å². The van der Waals surface area contributed by atoms with E-state index in [1.165, 1.54) is 24.3 Å². The summed E-state index contributed by atoms with van der Waals surface area (Å²) in [4.78, 5) is 0. The van der Waals surface area contributed by atoms with Gasteiger partial charge in [-0.15, -0.1) is 0 Å². The molecular formula is C51H34F6N2O2. The number of halogens is 6. The number of fused-ring (bicyclic) bond motifs is 3. The van der Waals surface area contributed by atoms with Crippen molar-refractivity contribution in [2.24, 2.45) is 0 Å². The van der Waals surface area contributed by atoms with Crippen molar-refractivity contribution in [3.05, 3.63) is 215 Å². The Morgan fingerprint density at radius 2 is 0.721 bits per heavy atom. The molecule has 0 atom stereocenters. The van der Waals surface area contributed by atoms with Gasteiger partial charge in [0.05, 0.1) is 5.41 Å². The monoisotopic (exact) mass is 820 g/mol. The Balaban J connectivity index is 1.31. The van der Waals surface area contributed by atoms with E-state index >= 15 is 0 Å². The molecule has 0 amide bonds. The summed E-state index contributed by atoms with van der Waals surface area (Å²) in [5.74, 6) is -0.457. The van der Waals surface area contributed by atoms with Crippen molar-refractivity contribution < 1.29 is 35.8 Å². The van der Waals surface area contributed by atoms with Crippen LogP contribution in [0.2, 0.25) is 0 Å². The van der Waals surface area contributed by atoms with Crippen LogP contribution in [0.25, 0.3) is 33.4 Å². The summed E-state index contributed by atoms with van der Waals surface area (Å²) in [7, 11) is 0. The maximum atomic E-state index is 14.3. The van der Waals surface area contributed by atoms with Crippen molar-refractivity contribution in [1.82, 2.24) is 0 Å². The quantitative estimate of drug-likeness (QED) is 0.118. The highest BCUT2D eigenvalue weighted by molar-refractivity contribution is 5.88. The SMILES string of the molecule is Nc1ccc(Oc2ccc(C3(c4ccc(Oc5ccc(N)cc5C(F)(F)F)c(-c5ccccc5)c4)c4ccccc4-c4ccccc43)cc2-c2ccccc2)c(C(F)(F)F)c1. The lowest BCUT2D eigenvalue weighted by Crippen LogP contribution is -2.28. The third kappa shape index (κ3) is 6.99. The molecule has 0 aliphatic heterocycles. The third-order valence-electron chi connectivity index (χ3n) is 11.0. The molecule has 0 heterocycles. The van der Waals surface area contributed by atoms with E-state index in [4.69, 9.17) is 20.9 Å². The van der Waals surface area contributed by atoms with Gasteiger partial charge in [-0.25, -0.2) is 0 Å². The summed E-state index contributed by atoms with van der Waals surface area (Å²) in [5.41, 5.74) is 16.1. The number of nitrogens with two attached hydrogens (primary N) is 2. The Labute approximate surface area is 347 Å². The molecule has 0 fully saturated rings. The van der Waals surface area contributed by atoms with Gasteiger partial charge in [-0.05, 0) is 105 Å². The summed E-state index contributed by atoms with van der Waals surface area (Å²) in [6.07, 6.45) is -9.49. The Morgan fingerprint density at radius 3 is 1.11 bits per heavy atom. The molecule has 1 aliphatic carbocycles. The van der Waals surface area contributed by atoms with Gasteiger partial charge in [0.2, 0.25) is 0 Å². The first-order valence-corrected chi connectivity index (χ1v) is 19.2. The maximum Gasteiger partial charge on any atom is 0.420 e. The van der Waals surface area contributed by atoms with Crippen molar-refractivity contribution in [3.63, 3.8) is 0 Å². The molecule has 8 aromatic rings. The fourth-order valence-corrected chi connectivity index (χ4v) is 8.37. The number of nitrogen functional groups attached to an aromatic ring is 2. The van der Waals surface area contributed by atoms with Crippen molar-refractivity contribution in [3.8, 4) is 56.4 Å². The lowest BCUT2D eigenvalue weighted by molar-refractivity contribution is -0.139. The number of alkyl halides is 6. The molecule has 302 valence electrons. The van der Waals surface area contributed by atoms with Gasteiger partial charge in [0.1, 0.15) is 34.1 Å². The second-order valence-electron chi connectivity index (χ2n) is 14.7. The average Bonchev–Trinajstić information content (AvgIpc) is 3.56. The smallest absolute Gasteiger partial charge is 0.420 e. The van der Waals surface area contributed by atoms with E-state index in [9.17, 15) is 26.3 Å². The first-order valence-electron chi connectivity index (χ1n) is 19.2. The molecule has 0 spiro atoms. The van der Waals surface area contributed by atoms with Crippen LogP contribution in [0.4, 0.5) is 37.7 Å². The summed E-state index contributed by atoms with van der Waals surface area (Å²) in [5, 5.41) is 0. The van der Waals surface area contributed by atoms with Crippen LogP contribution in [-0.4, -0.2) is 0 Å². The van der Waals surface area contributed by atoms with Crippen LogP contribution in [-0.2, 0) is 17.8 Å². The highest BCUT2D eigenvalue weighted by atomic mass is 19.4. The van der Waals surface area contributed by atoms with Gasteiger partial charge in [0.25, 0.3) is 0 Å². The van der Waals surface area contributed by atoms with Gasteiger partial charge in [0.15, 0.2) is 0 Å². The molecule has 4 N–H and O–H groups in total. The van der Waals surface area contributed by atoms with Crippen LogP contribution in [0.3, 0.4) is 0 Å². The molecule has 0 unspecified atom stereocenters. The molecule has 61 heavy (non-hydrogen) atoms. The molecule has 8 aromatic carbocycles. The highest BCUT2D eigenvalue weighted by Gasteiger charge is 2.47. The van der Waals surface area contributed by atoms with Crippen LogP contribution in [0.15, 0.2) is 182 Å². The minimum absolute atomic E-state index is 0.0561. The summed E-state index contributed by atoms with van der Waals surface area (Å²) in [6.45, 7) is 0. The summed E-state index contributed by atoms with van der Waals surface area (Å²) < 4.78 is 98.4. The van der Waals surface area contributed by atoms with Gasteiger partial charge in [-0.2, -0.15) is 26.3 Å². The fourth-order valence-electron chi connectivity index (χ4n) is 8.37. The zero-order valence-electron chi connectivity index (χ0n) is 32.1. The van der Waals surface area contributed by atoms with Gasteiger partial charge in [-0.1, -0.05) is 121 Å². The molecule has 0 aromatic heterocycles. The third-order valence-corrected chi connectivity index (χ3v) is 11.0. The van der Waals surface area contributed by atoms with E-state index in [1.807, 2.05) is 133 Å². The minimum atomic E-state index is -4.74. The molecule has 4 nitrogen and oxygen atoms in total. The second-order valence-corrected chi connectivity index (χ2v) is 14.7. The van der Waals surface area contributed by atoms with Crippen LogP contribution in [0, 0.1) is 0 Å². The lowest BCUT2D eigenvalue weighted by Gasteiger charge is -2.35. The molecule has 10 heteroatoms. The number of ether oxygens (including phenoxy) is 2. The number of anilines is 2.